The molecular weight excluding hydrogens is 420 g/mol. The first-order chi connectivity index (χ1) is 15.2. The fourth-order valence-corrected chi connectivity index (χ4v) is 3.34. The zero-order valence-corrected chi connectivity index (χ0v) is 20.2. The number of nitrogens with two attached hydrogens (primary N) is 1. The molecule has 0 bridgehead atoms. The Hall–Kier alpha value is -3.55. The molecule has 1 unspecified atom stereocenters. The number of hydrogen-bond acceptors (Lipinski definition) is 6. The van der Waals surface area contributed by atoms with Crippen LogP contribution in [0, 0.1) is 0 Å². The summed E-state index contributed by atoms with van der Waals surface area (Å²) in [5.41, 5.74) is 9.02. The minimum Gasteiger partial charge on any atom is -0.444 e. The summed E-state index contributed by atoms with van der Waals surface area (Å²) in [4.78, 5) is 24.5. The summed E-state index contributed by atoms with van der Waals surface area (Å²) in [5, 5.41) is 7.68. The van der Waals surface area contributed by atoms with E-state index >= 15 is 0 Å². The molecule has 0 aliphatic rings. The van der Waals surface area contributed by atoms with Crippen LogP contribution in [0.1, 0.15) is 60.1 Å². The van der Waals surface area contributed by atoms with Crippen molar-refractivity contribution in [2.24, 2.45) is 0 Å². The molecule has 0 saturated heterocycles. The predicted octanol–water partition coefficient (Wildman–Crippen LogP) is 5.65. The zero-order chi connectivity index (χ0) is 24.6. The third-order valence-corrected chi connectivity index (χ3v) is 4.82. The third-order valence-electron chi connectivity index (χ3n) is 4.82. The lowest BCUT2D eigenvalue weighted by Gasteiger charge is -2.22. The Kier molecular flexibility index (Phi) is 6.40. The smallest absolute Gasteiger partial charge is 0.435 e. The van der Waals surface area contributed by atoms with Crippen LogP contribution in [0.25, 0.3) is 22.0 Å². The van der Waals surface area contributed by atoms with E-state index in [9.17, 15) is 9.59 Å². The molecule has 8 heteroatoms. The Bertz CT molecular complexity index is 1170. The number of ether oxygens (including phenoxy) is 2. The number of aromatic nitrogens is 2. The van der Waals surface area contributed by atoms with E-state index in [1.54, 1.807) is 33.0 Å². The minimum absolute atomic E-state index is 0.221. The lowest BCUT2D eigenvalue weighted by atomic mass is 9.99. The van der Waals surface area contributed by atoms with Crippen LogP contribution in [0.3, 0.4) is 0 Å². The lowest BCUT2D eigenvalue weighted by molar-refractivity contribution is 0.0501. The molecule has 1 aromatic heterocycles. The van der Waals surface area contributed by atoms with E-state index in [1.165, 1.54) is 4.68 Å². The number of benzene rings is 2. The van der Waals surface area contributed by atoms with E-state index in [-0.39, 0.29) is 6.04 Å². The highest BCUT2D eigenvalue weighted by molar-refractivity contribution is 6.01. The van der Waals surface area contributed by atoms with Gasteiger partial charge in [0, 0.05) is 10.9 Å². The third kappa shape index (κ3) is 5.83. The van der Waals surface area contributed by atoms with Crippen LogP contribution < -0.4 is 11.1 Å². The first-order valence-corrected chi connectivity index (χ1v) is 10.8. The van der Waals surface area contributed by atoms with Gasteiger partial charge in [0.25, 0.3) is 0 Å². The molecule has 1 amide bonds. The lowest BCUT2D eigenvalue weighted by Crippen LogP contribution is -2.34. The number of fused-ring (bicyclic) bond motifs is 1. The van der Waals surface area contributed by atoms with Crippen LogP contribution in [0.4, 0.5) is 15.3 Å². The summed E-state index contributed by atoms with van der Waals surface area (Å²) < 4.78 is 12.0. The average Bonchev–Trinajstić information content (AvgIpc) is 3.11. The quantitative estimate of drug-likeness (QED) is 0.497. The van der Waals surface area contributed by atoms with Crippen molar-refractivity contribution >= 4 is 28.8 Å². The maximum Gasteiger partial charge on any atom is 0.435 e. The Morgan fingerprint density at radius 1 is 0.970 bits per heavy atom. The van der Waals surface area contributed by atoms with Crippen LogP contribution in [-0.2, 0) is 9.47 Å². The van der Waals surface area contributed by atoms with Crippen molar-refractivity contribution < 1.29 is 19.1 Å². The van der Waals surface area contributed by atoms with E-state index < -0.39 is 23.4 Å². The monoisotopic (exact) mass is 452 g/mol. The maximum absolute atomic E-state index is 12.5. The standard InChI is InChI=1S/C25H32N4O4/c1-15(28-22(30)32-24(2,3)4)16-8-10-17(11-9-16)18-12-13-20-19(21(18)26)14-27-29(20)23(31)33-25(5,6)7/h8-15H,26H2,1-7H3,(H,28,30). The van der Waals surface area contributed by atoms with Crippen LogP contribution in [0.2, 0.25) is 0 Å². The zero-order valence-electron chi connectivity index (χ0n) is 20.2. The van der Waals surface area contributed by atoms with Crippen molar-refractivity contribution in [2.45, 2.75) is 65.7 Å². The maximum atomic E-state index is 12.5. The molecule has 2 aromatic carbocycles. The number of nitrogen functional groups attached to an aromatic ring is 1. The summed E-state index contributed by atoms with van der Waals surface area (Å²) in [6.45, 7) is 12.8. The number of rotatable bonds is 3. The molecule has 3 N–H and O–H groups in total. The van der Waals surface area contributed by atoms with Crippen molar-refractivity contribution in [1.82, 2.24) is 15.1 Å². The van der Waals surface area contributed by atoms with E-state index in [0.717, 1.165) is 16.7 Å². The van der Waals surface area contributed by atoms with E-state index in [0.29, 0.717) is 16.6 Å². The number of amides is 1. The molecule has 0 aliphatic carbocycles. The number of nitrogens with one attached hydrogen (secondary N) is 1. The minimum atomic E-state index is -0.627. The van der Waals surface area contributed by atoms with Gasteiger partial charge in [0.05, 0.1) is 23.4 Å². The fraction of sp³-hybridized carbons (Fsp3) is 0.400. The van der Waals surface area contributed by atoms with Crippen LogP contribution in [0.15, 0.2) is 42.6 Å². The van der Waals surface area contributed by atoms with Gasteiger partial charge in [-0.15, -0.1) is 0 Å². The van der Waals surface area contributed by atoms with Gasteiger partial charge in [-0.3, -0.25) is 0 Å². The largest absolute Gasteiger partial charge is 0.444 e. The highest BCUT2D eigenvalue weighted by Crippen LogP contribution is 2.33. The summed E-state index contributed by atoms with van der Waals surface area (Å²) >= 11 is 0. The summed E-state index contributed by atoms with van der Waals surface area (Å²) in [6, 6.07) is 11.2. The number of alkyl carbamates (subject to hydrolysis) is 1. The van der Waals surface area contributed by atoms with Gasteiger partial charge in [0.2, 0.25) is 0 Å². The molecule has 33 heavy (non-hydrogen) atoms. The fourth-order valence-electron chi connectivity index (χ4n) is 3.34. The average molecular weight is 453 g/mol. The molecule has 176 valence electrons. The summed E-state index contributed by atoms with van der Waals surface area (Å²) in [7, 11) is 0. The van der Waals surface area contributed by atoms with E-state index in [1.807, 2.05) is 58.0 Å². The number of anilines is 1. The number of nitrogens with zero attached hydrogens (tertiary/aromatic N) is 2. The Morgan fingerprint density at radius 3 is 2.15 bits per heavy atom. The second-order valence-corrected chi connectivity index (χ2v) is 9.99. The van der Waals surface area contributed by atoms with Gasteiger partial charge in [-0.1, -0.05) is 30.3 Å². The van der Waals surface area contributed by atoms with Gasteiger partial charge in [-0.2, -0.15) is 9.78 Å². The summed E-state index contributed by atoms with van der Waals surface area (Å²) in [5.74, 6) is 0. The molecule has 0 saturated carbocycles. The molecule has 0 spiro atoms. The van der Waals surface area contributed by atoms with Crippen LogP contribution >= 0.6 is 0 Å². The van der Waals surface area contributed by atoms with Gasteiger partial charge in [-0.05, 0) is 65.7 Å². The SMILES string of the molecule is CC(NC(=O)OC(C)(C)C)c1ccc(-c2ccc3c(cnn3C(=O)OC(C)(C)C)c2N)cc1. The summed E-state index contributed by atoms with van der Waals surface area (Å²) in [6.07, 6.45) is 0.551. The highest BCUT2D eigenvalue weighted by atomic mass is 16.6. The normalized spacial score (nSPS) is 12.9. The number of hydrogen-bond donors (Lipinski definition) is 2. The van der Waals surface area contributed by atoms with Crippen LogP contribution in [0.5, 0.6) is 0 Å². The predicted molar refractivity (Wildman–Crippen MR) is 129 cm³/mol. The second kappa shape index (κ2) is 8.77. The van der Waals surface area contributed by atoms with Crippen LogP contribution in [-0.4, -0.2) is 33.2 Å². The molecule has 3 aromatic rings. The van der Waals surface area contributed by atoms with Gasteiger partial charge in [0.1, 0.15) is 11.2 Å². The highest BCUT2D eigenvalue weighted by Gasteiger charge is 2.22. The molecule has 8 nitrogen and oxygen atoms in total. The van der Waals surface area contributed by atoms with E-state index in [2.05, 4.69) is 10.4 Å². The molecular formula is C25H32N4O4. The van der Waals surface area contributed by atoms with Gasteiger partial charge < -0.3 is 20.5 Å². The molecule has 1 atom stereocenters. The first kappa shape index (κ1) is 24.1. The molecule has 0 aliphatic heterocycles. The van der Waals surface area contributed by atoms with Gasteiger partial charge in [-0.25, -0.2) is 9.59 Å². The molecule has 1 heterocycles. The Morgan fingerprint density at radius 2 is 1.58 bits per heavy atom. The number of carbonyl (C=O) groups is 2. The van der Waals surface area contributed by atoms with Crippen molar-refractivity contribution in [2.75, 3.05) is 5.73 Å². The Labute approximate surface area is 194 Å². The second-order valence-electron chi connectivity index (χ2n) is 9.99. The van der Waals surface area contributed by atoms with Crippen molar-refractivity contribution in [3.05, 3.63) is 48.2 Å². The van der Waals surface area contributed by atoms with Gasteiger partial charge >= 0.3 is 12.2 Å². The Balaban J connectivity index is 1.82. The van der Waals surface area contributed by atoms with Gasteiger partial charge in [0.15, 0.2) is 0 Å². The molecule has 3 rings (SSSR count). The molecule has 0 radical (unpaired) electrons. The van der Waals surface area contributed by atoms with Crippen molar-refractivity contribution in [3.8, 4) is 11.1 Å². The van der Waals surface area contributed by atoms with Crippen molar-refractivity contribution in [1.29, 1.82) is 0 Å². The first-order valence-electron chi connectivity index (χ1n) is 10.8. The topological polar surface area (TPSA) is 108 Å². The number of carbonyl (C=O) groups excluding carboxylic acids is 2. The molecule has 0 fully saturated rings. The van der Waals surface area contributed by atoms with Crippen molar-refractivity contribution in [3.63, 3.8) is 0 Å². The van der Waals surface area contributed by atoms with E-state index in [4.69, 9.17) is 15.2 Å².